The molecule has 158 valence electrons. The SMILES string of the molecule is CCC(C)(CC)C(N)=CC(=NC)N=C1OCC2(CCCCC2)CN1C(=O)SC. The van der Waals surface area contributed by atoms with Crippen molar-refractivity contribution in [1.29, 1.82) is 0 Å². The van der Waals surface area contributed by atoms with E-state index in [1.165, 1.54) is 31.0 Å². The van der Waals surface area contributed by atoms with E-state index in [0.29, 0.717) is 25.0 Å². The summed E-state index contributed by atoms with van der Waals surface area (Å²) in [5.41, 5.74) is 7.09. The van der Waals surface area contributed by atoms with Gasteiger partial charge in [-0.25, -0.2) is 0 Å². The van der Waals surface area contributed by atoms with E-state index in [9.17, 15) is 4.79 Å². The van der Waals surface area contributed by atoms with Crippen molar-refractivity contribution in [3.8, 4) is 0 Å². The minimum atomic E-state index is -0.0928. The van der Waals surface area contributed by atoms with Crippen LogP contribution in [-0.2, 0) is 4.74 Å². The molecule has 0 aromatic rings. The van der Waals surface area contributed by atoms with Gasteiger partial charge in [0.1, 0.15) is 0 Å². The van der Waals surface area contributed by atoms with Crippen molar-refractivity contribution in [2.24, 2.45) is 26.5 Å². The van der Waals surface area contributed by atoms with Gasteiger partial charge in [0, 0.05) is 36.2 Å². The van der Waals surface area contributed by atoms with Gasteiger partial charge in [-0.1, -0.05) is 51.8 Å². The summed E-state index contributed by atoms with van der Waals surface area (Å²) in [4.78, 5) is 23.1. The molecule has 1 saturated heterocycles. The Bertz CT molecular complexity index is 647. The lowest BCUT2D eigenvalue weighted by Gasteiger charge is -2.44. The van der Waals surface area contributed by atoms with Crippen LogP contribution in [0.25, 0.3) is 0 Å². The fourth-order valence-electron chi connectivity index (χ4n) is 3.91. The van der Waals surface area contributed by atoms with Crippen LogP contribution in [-0.4, -0.2) is 48.5 Å². The van der Waals surface area contributed by atoms with Crippen LogP contribution in [0, 0.1) is 10.8 Å². The van der Waals surface area contributed by atoms with Crippen molar-refractivity contribution in [1.82, 2.24) is 4.90 Å². The molecule has 1 amide bonds. The summed E-state index contributed by atoms with van der Waals surface area (Å²) in [5.74, 6) is 0.485. The molecule has 0 aromatic heterocycles. The highest BCUT2D eigenvalue weighted by molar-refractivity contribution is 8.12. The highest BCUT2D eigenvalue weighted by Crippen LogP contribution is 2.40. The van der Waals surface area contributed by atoms with Crippen molar-refractivity contribution in [2.45, 2.75) is 65.7 Å². The zero-order valence-electron chi connectivity index (χ0n) is 18.1. The number of allylic oxidation sites excluding steroid dienone is 1. The van der Waals surface area contributed by atoms with Crippen LogP contribution >= 0.6 is 11.8 Å². The van der Waals surface area contributed by atoms with E-state index in [1.807, 2.05) is 6.08 Å². The summed E-state index contributed by atoms with van der Waals surface area (Å²) < 4.78 is 6.05. The van der Waals surface area contributed by atoms with E-state index >= 15 is 0 Å². The Morgan fingerprint density at radius 3 is 2.50 bits per heavy atom. The van der Waals surface area contributed by atoms with Crippen molar-refractivity contribution in [3.63, 3.8) is 0 Å². The number of thioether (sulfide) groups is 1. The molecule has 1 heterocycles. The molecule has 1 aliphatic carbocycles. The van der Waals surface area contributed by atoms with E-state index in [0.717, 1.165) is 31.4 Å². The number of hydrogen-bond donors (Lipinski definition) is 1. The lowest BCUT2D eigenvalue weighted by Crippen LogP contribution is -2.52. The third kappa shape index (κ3) is 5.10. The largest absolute Gasteiger partial charge is 0.464 e. The van der Waals surface area contributed by atoms with Gasteiger partial charge in [0.2, 0.25) is 0 Å². The smallest absolute Gasteiger partial charge is 0.301 e. The molecule has 28 heavy (non-hydrogen) atoms. The van der Waals surface area contributed by atoms with Crippen molar-refractivity contribution in [2.75, 3.05) is 26.5 Å². The molecule has 6 nitrogen and oxygen atoms in total. The second-order valence-electron chi connectivity index (χ2n) is 8.25. The molecule has 2 aliphatic rings. The van der Waals surface area contributed by atoms with Crippen LogP contribution in [0.2, 0.25) is 0 Å². The van der Waals surface area contributed by atoms with E-state index in [1.54, 1.807) is 18.2 Å². The highest BCUT2D eigenvalue weighted by atomic mass is 32.2. The average molecular weight is 409 g/mol. The van der Waals surface area contributed by atoms with E-state index in [4.69, 9.17) is 10.5 Å². The van der Waals surface area contributed by atoms with E-state index < -0.39 is 0 Å². The van der Waals surface area contributed by atoms with Gasteiger partial charge in [0.15, 0.2) is 5.84 Å². The minimum absolute atomic E-state index is 0.0391. The zero-order valence-corrected chi connectivity index (χ0v) is 18.9. The van der Waals surface area contributed by atoms with Crippen LogP contribution < -0.4 is 5.73 Å². The number of nitrogens with zero attached hydrogens (tertiary/aromatic N) is 3. The Hall–Kier alpha value is -1.50. The Morgan fingerprint density at radius 2 is 1.96 bits per heavy atom. The zero-order chi connectivity index (χ0) is 20.8. The summed E-state index contributed by atoms with van der Waals surface area (Å²) in [7, 11) is 1.69. The number of amidine groups is 2. The summed E-state index contributed by atoms with van der Waals surface area (Å²) >= 11 is 1.19. The topological polar surface area (TPSA) is 80.3 Å². The van der Waals surface area contributed by atoms with Gasteiger partial charge in [-0.05, 0) is 31.9 Å². The second-order valence-corrected chi connectivity index (χ2v) is 9.01. The minimum Gasteiger partial charge on any atom is -0.464 e. The first kappa shape index (κ1) is 22.8. The fourth-order valence-corrected chi connectivity index (χ4v) is 4.27. The van der Waals surface area contributed by atoms with Gasteiger partial charge in [-0.3, -0.25) is 14.7 Å². The van der Waals surface area contributed by atoms with Crippen molar-refractivity contribution in [3.05, 3.63) is 11.8 Å². The number of rotatable bonds is 4. The molecule has 0 bridgehead atoms. The maximum Gasteiger partial charge on any atom is 0.301 e. The average Bonchev–Trinajstić information content (AvgIpc) is 2.73. The maximum atomic E-state index is 12.6. The predicted octanol–water partition coefficient (Wildman–Crippen LogP) is 4.81. The fraction of sp³-hybridized carbons (Fsp3) is 0.762. The second kappa shape index (κ2) is 9.81. The molecule has 7 heteroatoms. The van der Waals surface area contributed by atoms with Crippen molar-refractivity contribution < 1.29 is 9.53 Å². The van der Waals surface area contributed by atoms with E-state index in [-0.39, 0.29) is 16.1 Å². The quantitative estimate of drug-likeness (QED) is 0.535. The maximum absolute atomic E-state index is 12.6. The van der Waals surface area contributed by atoms with Gasteiger partial charge in [0.05, 0.1) is 6.61 Å². The van der Waals surface area contributed by atoms with Crippen LogP contribution in [0.1, 0.15) is 65.7 Å². The first-order valence-corrected chi connectivity index (χ1v) is 11.6. The number of ether oxygens (including phenoxy) is 1. The summed E-state index contributed by atoms with van der Waals surface area (Å²) in [6.45, 7) is 7.69. The standard InChI is InChI=1S/C21H36N4O2S/c1-6-20(3,7-2)16(22)13-17(23-4)24-18-25(19(26)28-5)14-21(15-27-18)11-9-8-10-12-21/h13H,6-12,14-15,22H2,1-5H3. The summed E-state index contributed by atoms with van der Waals surface area (Å²) in [6, 6.07) is 0.342. The monoisotopic (exact) mass is 408 g/mol. The number of carbonyl (C=O) groups is 1. The summed E-state index contributed by atoms with van der Waals surface area (Å²) in [5, 5.41) is -0.0391. The van der Waals surface area contributed by atoms with Crippen LogP contribution in [0.5, 0.6) is 0 Å². The van der Waals surface area contributed by atoms with Gasteiger partial charge in [-0.2, -0.15) is 4.99 Å². The van der Waals surface area contributed by atoms with Gasteiger partial charge >= 0.3 is 6.02 Å². The molecule has 1 aliphatic heterocycles. The van der Waals surface area contributed by atoms with Gasteiger partial charge < -0.3 is 10.5 Å². The summed E-state index contributed by atoms with van der Waals surface area (Å²) in [6.07, 6.45) is 11.4. The first-order chi connectivity index (χ1) is 13.3. The number of amides is 1. The number of hydrogen-bond acceptors (Lipinski definition) is 5. The Labute approximate surface area is 174 Å². The number of aliphatic imine (C=N–C) groups is 2. The van der Waals surface area contributed by atoms with Crippen LogP contribution in [0.3, 0.4) is 0 Å². The molecule has 0 atom stereocenters. The van der Waals surface area contributed by atoms with Crippen molar-refractivity contribution >= 4 is 28.9 Å². The normalized spacial score (nSPS) is 22.5. The molecule has 1 saturated carbocycles. The highest BCUT2D eigenvalue weighted by Gasteiger charge is 2.42. The van der Waals surface area contributed by atoms with Gasteiger partial charge in [0.25, 0.3) is 5.24 Å². The third-order valence-electron chi connectivity index (χ3n) is 6.52. The Morgan fingerprint density at radius 1 is 1.32 bits per heavy atom. The van der Waals surface area contributed by atoms with Crippen LogP contribution in [0.15, 0.2) is 21.8 Å². The molecule has 2 N–H and O–H groups in total. The van der Waals surface area contributed by atoms with Gasteiger partial charge in [-0.15, -0.1) is 0 Å². The molecular formula is C21H36N4O2S. The molecular weight excluding hydrogens is 372 g/mol. The Kier molecular flexibility index (Phi) is 7.98. The molecule has 0 aromatic carbocycles. The molecule has 0 unspecified atom stereocenters. The molecule has 2 fully saturated rings. The lowest BCUT2D eigenvalue weighted by atomic mass is 9.74. The lowest BCUT2D eigenvalue weighted by molar-refractivity contribution is 0.0283. The predicted molar refractivity (Wildman–Crippen MR) is 119 cm³/mol. The molecule has 0 radical (unpaired) electrons. The van der Waals surface area contributed by atoms with E-state index in [2.05, 4.69) is 30.8 Å². The number of carbonyl (C=O) groups excluding carboxylic acids is 1. The van der Waals surface area contributed by atoms with Crippen LogP contribution in [0.4, 0.5) is 4.79 Å². The molecule has 2 rings (SSSR count). The first-order valence-electron chi connectivity index (χ1n) is 10.3. The molecule has 1 spiro atoms. The Balaban J connectivity index is 2.29. The third-order valence-corrected chi connectivity index (χ3v) is 7.09. The number of nitrogens with two attached hydrogens (primary N) is 1.